The standard InChI is InChI=1S/C18H21NO3/c1-22-16-9-7-13(8-10-16)11-14-12-19(18(21)17(14)20)15-5-3-2-4-6-15/h7-11,15H,2-6,12H2,1H3. The molecule has 0 spiro atoms. The van der Waals surface area contributed by atoms with Crippen molar-refractivity contribution in [2.75, 3.05) is 13.7 Å². The molecule has 1 saturated carbocycles. The second-order valence-electron chi connectivity index (χ2n) is 6.00. The number of carbonyl (C=O) groups excluding carboxylic acids is 2. The largest absolute Gasteiger partial charge is 0.497 e. The molecular weight excluding hydrogens is 278 g/mol. The van der Waals surface area contributed by atoms with Crippen molar-refractivity contribution in [3.05, 3.63) is 35.4 Å². The van der Waals surface area contributed by atoms with Gasteiger partial charge in [-0.1, -0.05) is 31.4 Å². The molecule has 3 rings (SSSR count). The first kappa shape index (κ1) is 14.8. The molecule has 1 saturated heterocycles. The Hall–Kier alpha value is -2.10. The first-order valence-electron chi connectivity index (χ1n) is 7.89. The number of ether oxygens (including phenoxy) is 1. The van der Waals surface area contributed by atoms with Gasteiger partial charge in [-0.3, -0.25) is 9.59 Å². The molecule has 1 aromatic carbocycles. The predicted octanol–water partition coefficient (Wildman–Crippen LogP) is 2.82. The van der Waals surface area contributed by atoms with Gasteiger partial charge in [-0.2, -0.15) is 0 Å². The van der Waals surface area contributed by atoms with Crippen molar-refractivity contribution >= 4 is 17.8 Å². The number of methoxy groups -OCH3 is 1. The Labute approximate surface area is 130 Å². The number of nitrogens with zero attached hydrogens (tertiary/aromatic N) is 1. The summed E-state index contributed by atoms with van der Waals surface area (Å²) >= 11 is 0. The van der Waals surface area contributed by atoms with Crippen LogP contribution in [0.5, 0.6) is 5.75 Å². The van der Waals surface area contributed by atoms with Crippen molar-refractivity contribution in [2.45, 2.75) is 38.1 Å². The van der Waals surface area contributed by atoms with E-state index < -0.39 is 0 Å². The zero-order valence-electron chi connectivity index (χ0n) is 12.9. The summed E-state index contributed by atoms with van der Waals surface area (Å²) in [7, 11) is 1.62. The first-order valence-corrected chi connectivity index (χ1v) is 7.89. The average Bonchev–Trinajstić information content (AvgIpc) is 2.85. The third kappa shape index (κ3) is 2.91. The second kappa shape index (κ2) is 6.34. The van der Waals surface area contributed by atoms with Crippen LogP contribution < -0.4 is 4.74 Å². The van der Waals surface area contributed by atoms with E-state index in [1.54, 1.807) is 12.0 Å². The molecular formula is C18H21NO3. The summed E-state index contributed by atoms with van der Waals surface area (Å²) in [6.07, 6.45) is 7.41. The molecule has 0 bridgehead atoms. The molecule has 4 nitrogen and oxygen atoms in total. The zero-order chi connectivity index (χ0) is 15.5. The van der Waals surface area contributed by atoms with Gasteiger partial charge in [0.15, 0.2) is 0 Å². The summed E-state index contributed by atoms with van der Waals surface area (Å²) in [5.74, 6) is 0.105. The van der Waals surface area contributed by atoms with Crippen LogP contribution in [0.15, 0.2) is 29.8 Å². The summed E-state index contributed by atoms with van der Waals surface area (Å²) in [6.45, 7) is 0.453. The van der Waals surface area contributed by atoms with Crippen molar-refractivity contribution in [1.29, 1.82) is 0 Å². The van der Waals surface area contributed by atoms with Gasteiger partial charge in [0.2, 0.25) is 5.78 Å². The fraction of sp³-hybridized carbons (Fsp3) is 0.444. The number of benzene rings is 1. The Morgan fingerprint density at radius 1 is 1.09 bits per heavy atom. The smallest absolute Gasteiger partial charge is 0.295 e. The SMILES string of the molecule is COc1ccc(C=C2CN(C3CCCCC3)C(=O)C2=O)cc1. The second-order valence-corrected chi connectivity index (χ2v) is 6.00. The molecule has 2 aliphatic rings. The molecule has 0 aromatic heterocycles. The highest BCUT2D eigenvalue weighted by Gasteiger charge is 2.38. The minimum Gasteiger partial charge on any atom is -0.497 e. The summed E-state index contributed by atoms with van der Waals surface area (Å²) in [6, 6.07) is 7.74. The van der Waals surface area contributed by atoms with Gasteiger partial charge in [-0.05, 0) is 36.6 Å². The Kier molecular flexibility index (Phi) is 4.27. The number of likely N-dealkylation sites (tertiary alicyclic amines) is 1. The first-order chi connectivity index (χ1) is 10.7. The van der Waals surface area contributed by atoms with E-state index in [4.69, 9.17) is 4.74 Å². The van der Waals surface area contributed by atoms with Crippen molar-refractivity contribution in [1.82, 2.24) is 4.90 Å². The van der Waals surface area contributed by atoms with Crippen molar-refractivity contribution < 1.29 is 14.3 Å². The van der Waals surface area contributed by atoms with Gasteiger partial charge < -0.3 is 9.64 Å². The van der Waals surface area contributed by atoms with Crippen LogP contribution in [-0.4, -0.2) is 36.3 Å². The van der Waals surface area contributed by atoms with E-state index in [1.807, 2.05) is 30.3 Å². The third-order valence-electron chi connectivity index (χ3n) is 4.56. The highest BCUT2D eigenvalue weighted by atomic mass is 16.5. The molecule has 1 amide bonds. The van der Waals surface area contributed by atoms with Gasteiger partial charge in [0.05, 0.1) is 13.7 Å². The van der Waals surface area contributed by atoms with E-state index in [0.717, 1.165) is 37.0 Å². The molecule has 4 heteroatoms. The van der Waals surface area contributed by atoms with Crippen LogP contribution in [0, 0.1) is 0 Å². The summed E-state index contributed by atoms with van der Waals surface area (Å²) < 4.78 is 5.12. The molecule has 0 N–H and O–H groups in total. The molecule has 1 aliphatic heterocycles. The minimum atomic E-state index is -0.346. The van der Waals surface area contributed by atoms with Gasteiger partial charge in [0.25, 0.3) is 5.91 Å². The molecule has 1 aromatic rings. The molecule has 0 unspecified atom stereocenters. The van der Waals surface area contributed by atoms with E-state index in [1.165, 1.54) is 6.42 Å². The molecule has 1 aliphatic carbocycles. The van der Waals surface area contributed by atoms with Crippen LogP contribution in [0.3, 0.4) is 0 Å². The molecule has 116 valence electrons. The molecule has 22 heavy (non-hydrogen) atoms. The van der Waals surface area contributed by atoms with E-state index in [9.17, 15) is 9.59 Å². The Morgan fingerprint density at radius 3 is 2.41 bits per heavy atom. The summed E-state index contributed by atoms with van der Waals surface area (Å²) in [4.78, 5) is 26.2. The van der Waals surface area contributed by atoms with Crippen LogP contribution in [0.4, 0.5) is 0 Å². The number of carbonyl (C=O) groups is 2. The Bertz CT molecular complexity index is 597. The molecule has 2 fully saturated rings. The fourth-order valence-corrected chi connectivity index (χ4v) is 3.30. The third-order valence-corrected chi connectivity index (χ3v) is 4.56. The fourth-order valence-electron chi connectivity index (χ4n) is 3.30. The van der Waals surface area contributed by atoms with E-state index >= 15 is 0 Å². The van der Waals surface area contributed by atoms with Crippen molar-refractivity contribution in [3.63, 3.8) is 0 Å². The quantitative estimate of drug-likeness (QED) is 0.637. The van der Waals surface area contributed by atoms with E-state index in [0.29, 0.717) is 12.1 Å². The van der Waals surface area contributed by atoms with Gasteiger partial charge >= 0.3 is 0 Å². The van der Waals surface area contributed by atoms with E-state index in [-0.39, 0.29) is 17.7 Å². The Morgan fingerprint density at radius 2 is 1.77 bits per heavy atom. The van der Waals surface area contributed by atoms with Crippen molar-refractivity contribution in [3.8, 4) is 5.75 Å². The number of hydrogen-bond acceptors (Lipinski definition) is 3. The maximum atomic E-state index is 12.2. The van der Waals surface area contributed by atoms with Crippen LogP contribution in [0.2, 0.25) is 0 Å². The topological polar surface area (TPSA) is 46.6 Å². The lowest BCUT2D eigenvalue weighted by atomic mass is 9.94. The van der Waals surface area contributed by atoms with Crippen LogP contribution >= 0.6 is 0 Å². The zero-order valence-corrected chi connectivity index (χ0v) is 12.9. The number of ketones is 1. The molecule has 1 heterocycles. The number of amides is 1. The van der Waals surface area contributed by atoms with E-state index in [2.05, 4.69) is 0 Å². The normalized spacial score (nSPS) is 21.7. The lowest BCUT2D eigenvalue weighted by molar-refractivity contribution is -0.140. The van der Waals surface area contributed by atoms with Crippen LogP contribution in [0.1, 0.15) is 37.7 Å². The average molecular weight is 299 g/mol. The number of Topliss-reactive ketones (excluding diaryl/α,β-unsaturated/α-hetero) is 1. The maximum Gasteiger partial charge on any atom is 0.295 e. The van der Waals surface area contributed by atoms with Gasteiger partial charge in [-0.25, -0.2) is 0 Å². The lowest BCUT2D eigenvalue weighted by Gasteiger charge is -2.30. The number of rotatable bonds is 3. The monoisotopic (exact) mass is 299 g/mol. The summed E-state index contributed by atoms with van der Waals surface area (Å²) in [5.41, 5.74) is 1.52. The van der Waals surface area contributed by atoms with Gasteiger partial charge in [-0.15, -0.1) is 0 Å². The number of hydrogen-bond donors (Lipinski definition) is 0. The van der Waals surface area contributed by atoms with Crippen LogP contribution in [0.25, 0.3) is 6.08 Å². The van der Waals surface area contributed by atoms with Crippen molar-refractivity contribution in [2.24, 2.45) is 0 Å². The molecule has 0 radical (unpaired) electrons. The molecule has 0 atom stereocenters. The maximum absolute atomic E-state index is 12.2. The predicted molar refractivity (Wildman–Crippen MR) is 84.6 cm³/mol. The minimum absolute atomic E-state index is 0.243. The lowest BCUT2D eigenvalue weighted by Crippen LogP contribution is -2.38. The van der Waals surface area contributed by atoms with Gasteiger partial charge in [0, 0.05) is 11.6 Å². The van der Waals surface area contributed by atoms with Crippen LogP contribution in [-0.2, 0) is 9.59 Å². The summed E-state index contributed by atoms with van der Waals surface area (Å²) in [5, 5.41) is 0. The Balaban J connectivity index is 1.77. The van der Waals surface area contributed by atoms with Gasteiger partial charge in [0.1, 0.15) is 5.75 Å². The highest BCUT2D eigenvalue weighted by Crippen LogP contribution is 2.28. The highest BCUT2D eigenvalue weighted by molar-refractivity contribution is 6.46.